The first kappa shape index (κ1) is 14.9. The Balaban J connectivity index is 3.00. The first-order valence-corrected chi connectivity index (χ1v) is 5.45. The van der Waals surface area contributed by atoms with Gasteiger partial charge in [0.2, 0.25) is 0 Å². The number of rotatable bonds is 5. The van der Waals surface area contributed by atoms with E-state index in [1.54, 1.807) is 6.92 Å². The summed E-state index contributed by atoms with van der Waals surface area (Å²) in [7, 11) is 0. The van der Waals surface area contributed by atoms with E-state index in [1.165, 1.54) is 12.1 Å². The summed E-state index contributed by atoms with van der Waals surface area (Å²) in [5.74, 6) is -1.01. The molecular weight excluding hydrogens is 256 g/mol. The van der Waals surface area contributed by atoms with Crippen LogP contribution in [0.1, 0.15) is 18.6 Å². The molecule has 8 nitrogen and oxygen atoms in total. The zero-order valence-corrected chi connectivity index (χ0v) is 10.1. The van der Waals surface area contributed by atoms with Gasteiger partial charge in [0.1, 0.15) is 11.8 Å². The minimum Gasteiger partial charge on any atom is -0.464 e. The van der Waals surface area contributed by atoms with Gasteiger partial charge in [-0.05, 0) is 18.6 Å². The van der Waals surface area contributed by atoms with Crippen LogP contribution in [-0.2, 0) is 9.53 Å². The number of nitrogens with zero attached hydrogens (tertiary/aromatic N) is 1. The molecule has 0 spiro atoms. The lowest BCUT2D eigenvalue weighted by Gasteiger charge is -2.16. The Bertz CT molecular complexity index is 490. The summed E-state index contributed by atoms with van der Waals surface area (Å²) in [5, 5.41) is 30.0. The molecule has 0 saturated heterocycles. The lowest BCUT2D eigenvalue weighted by atomic mass is 10.0. The second-order valence-corrected chi connectivity index (χ2v) is 3.72. The summed E-state index contributed by atoms with van der Waals surface area (Å²) in [6.45, 7) is 1.59. The van der Waals surface area contributed by atoms with Crippen molar-refractivity contribution in [2.45, 2.75) is 19.1 Å². The van der Waals surface area contributed by atoms with E-state index >= 15 is 0 Å². The number of aliphatic hydroxyl groups is 2. The SMILES string of the molecule is CCOC(=O)C(O)C(O)c1ccc(N)c([N+](=O)[O-])c1. The van der Waals surface area contributed by atoms with Gasteiger partial charge in [-0.1, -0.05) is 6.07 Å². The van der Waals surface area contributed by atoms with Crippen LogP contribution >= 0.6 is 0 Å². The fourth-order valence-electron chi connectivity index (χ4n) is 1.44. The number of nitrogen functional groups attached to an aromatic ring is 1. The third kappa shape index (κ3) is 3.39. The Morgan fingerprint density at radius 3 is 2.68 bits per heavy atom. The van der Waals surface area contributed by atoms with Crippen LogP contribution in [0.5, 0.6) is 0 Å². The van der Waals surface area contributed by atoms with E-state index < -0.39 is 28.8 Å². The van der Waals surface area contributed by atoms with Gasteiger partial charge < -0.3 is 20.7 Å². The van der Waals surface area contributed by atoms with Crippen LogP contribution in [0, 0.1) is 10.1 Å². The maximum Gasteiger partial charge on any atom is 0.338 e. The molecule has 0 radical (unpaired) electrons. The van der Waals surface area contributed by atoms with Gasteiger partial charge in [0.05, 0.1) is 11.5 Å². The van der Waals surface area contributed by atoms with Crippen LogP contribution < -0.4 is 5.73 Å². The standard InChI is InChI=1S/C11H14N2O6/c1-2-19-11(16)10(15)9(14)6-3-4-7(12)8(5-6)13(17)18/h3-5,9-10,14-15H,2,12H2,1H3. The van der Waals surface area contributed by atoms with Crippen molar-refractivity contribution in [2.75, 3.05) is 12.3 Å². The first-order valence-electron chi connectivity index (χ1n) is 5.45. The van der Waals surface area contributed by atoms with Crippen molar-refractivity contribution >= 4 is 17.3 Å². The van der Waals surface area contributed by atoms with Gasteiger partial charge in [-0.2, -0.15) is 0 Å². The molecule has 2 atom stereocenters. The van der Waals surface area contributed by atoms with Gasteiger partial charge in [0.15, 0.2) is 6.10 Å². The molecule has 1 aromatic carbocycles. The number of esters is 1. The molecule has 0 aromatic heterocycles. The highest BCUT2D eigenvalue weighted by molar-refractivity contribution is 5.75. The van der Waals surface area contributed by atoms with Crippen molar-refractivity contribution in [3.63, 3.8) is 0 Å². The van der Waals surface area contributed by atoms with Crippen molar-refractivity contribution in [1.82, 2.24) is 0 Å². The predicted octanol–water partition coefficient (Wildman–Crippen LogP) is 0.134. The number of benzene rings is 1. The van der Waals surface area contributed by atoms with Crippen LogP contribution in [0.2, 0.25) is 0 Å². The molecule has 0 heterocycles. The number of nitrogens with two attached hydrogens (primary N) is 1. The Labute approximate surface area is 108 Å². The van der Waals surface area contributed by atoms with E-state index in [4.69, 9.17) is 5.73 Å². The average molecular weight is 270 g/mol. The maximum atomic E-state index is 11.3. The highest BCUT2D eigenvalue weighted by Gasteiger charge is 2.28. The van der Waals surface area contributed by atoms with Crippen molar-refractivity contribution in [3.8, 4) is 0 Å². The van der Waals surface area contributed by atoms with Gasteiger partial charge in [0, 0.05) is 6.07 Å². The summed E-state index contributed by atoms with van der Waals surface area (Å²) >= 11 is 0. The number of hydrogen-bond donors (Lipinski definition) is 3. The molecule has 0 bridgehead atoms. The molecule has 2 unspecified atom stereocenters. The van der Waals surface area contributed by atoms with Crippen molar-refractivity contribution in [2.24, 2.45) is 0 Å². The monoisotopic (exact) mass is 270 g/mol. The molecule has 1 aromatic rings. The third-order valence-electron chi connectivity index (χ3n) is 2.42. The number of anilines is 1. The Morgan fingerprint density at radius 1 is 1.53 bits per heavy atom. The second kappa shape index (κ2) is 6.12. The summed E-state index contributed by atoms with van der Waals surface area (Å²) < 4.78 is 4.54. The molecule has 0 saturated carbocycles. The minimum absolute atomic E-state index is 0.00135. The number of hydrogen-bond acceptors (Lipinski definition) is 7. The van der Waals surface area contributed by atoms with E-state index in [-0.39, 0.29) is 17.9 Å². The van der Waals surface area contributed by atoms with E-state index in [2.05, 4.69) is 4.74 Å². The normalized spacial score (nSPS) is 13.6. The van der Waals surface area contributed by atoms with Crippen molar-refractivity contribution in [1.29, 1.82) is 0 Å². The molecule has 8 heteroatoms. The molecular formula is C11H14N2O6. The van der Waals surface area contributed by atoms with E-state index in [0.29, 0.717) is 0 Å². The molecule has 0 aliphatic carbocycles. The van der Waals surface area contributed by atoms with Gasteiger partial charge in [-0.15, -0.1) is 0 Å². The van der Waals surface area contributed by atoms with Crippen molar-refractivity contribution in [3.05, 3.63) is 33.9 Å². The predicted molar refractivity (Wildman–Crippen MR) is 65.1 cm³/mol. The van der Waals surface area contributed by atoms with E-state index in [0.717, 1.165) is 6.07 Å². The molecule has 19 heavy (non-hydrogen) atoms. The van der Waals surface area contributed by atoms with Crippen LogP contribution in [0.3, 0.4) is 0 Å². The molecule has 104 valence electrons. The Kier molecular flexibility index (Phi) is 4.79. The lowest BCUT2D eigenvalue weighted by molar-refractivity contribution is -0.384. The Hall–Kier alpha value is -2.19. The third-order valence-corrected chi connectivity index (χ3v) is 2.42. The quantitative estimate of drug-likeness (QED) is 0.299. The van der Waals surface area contributed by atoms with Gasteiger partial charge in [-0.25, -0.2) is 4.79 Å². The lowest BCUT2D eigenvalue weighted by Crippen LogP contribution is -2.29. The van der Waals surface area contributed by atoms with E-state index in [9.17, 15) is 25.1 Å². The molecule has 4 N–H and O–H groups in total. The smallest absolute Gasteiger partial charge is 0.338 e. The van der Waals surface area contributed by atoms with Gasteiger partial charge >= 0.3 is 5.97 Å². The van der Waals surface area contributed by atoms with Crippen LogP contribution in [0.15, 0.2) is 18.2 Å². The van der Waals surface area contributed by atoms with Gasteiger partial charge in [0.25, 0.3) is 5.69 Å². The number of ether oxygens (including phenoxy) is 1. The molecule has 0 aliphatic heterocycles. The highest BCUT2D eigenvalue weighted by Crippen LogP contribution is 2.27. The molecule has 0 fully saturated rings. The number of nitro groups is 1. The minimum atomic E-state index is -1.82. The zero-order valence-electron chi connectivity index (χ0n) is 10.1. The summed E-state index contributed by atoms with van der Waals surface area (Å²) in [6.07, 6.45) is -3.44. The maximum absolute atomic E-state index is 11.3. The highest BCUT2D eigenvalue weighted by atomic mass is 16.6. The summed E-state index contributed by atoms with van der Waals surface area (Å²) in [6, 6.07) is 3.51. The fraction of sp³-hybridized carbons (Fsp3) is 0.364. The second-order valence-electron chi connectivity index (χ2n) is 3.72. The van der Waals surface area contributed by atoms with Crippen LogP contribution in [-0.4, -0.2) is 33.8 Å². The molecule has 0 amide bonds. The fourth-order valence-corrected chi connectivity index (χ4v) is 1.44. The topological polar surface area (TPSA) is 136 Å². The van der Waals surface area contributed by atoms with Crippen molar-refractivity contribution < 1.29 is 24.7 Å². The number of carbonyl (C=O) groups is 1. The summed E-state index contributed by atoms with van der Waals surface area (Å²) in [5.41, 5.74) is 4.91. The molecule has 1 rings (SSSR count). The number of aliphatic hydroxyl groups excluding tert-OH is 2. The average Bonchev–Trinajstić information content (AvgIpc) is 2.37. The summed E-state index contributed by atoms with van der Waals surface area (Å²) in [4.78, 5) is 21.2. The number of carbonyl (C=O) groups excluding carboxylic acids is 1. The molecule has 0 aliphatic rings. The van der Waals surface area contributed by atoms with Gasteiger partial charge in [-0.3, -0.25) is 10.1 Å². The Morgan fingerprint density at radius 2 is 2.16 bits per heavy atom. The largest absolute Gasteiger partial charge is 0.464 e. The first-order chi connectivity index (χ1) is 8.88. The van der Waals surface area contributed by atoms with Crippen LogP contribution in [0.4, 0.5) is 11.4 Å². The number of nitro benzene ring substituents is 1. The zero-order chi connectivity index (χ0) is 14.6. The van der Waals surface area contributed by atoms with Crippen LogP contribution in [0.25, 0.3) is 0 Å². The van der Waals surface area contributed by atoms with E-state index in [1.807, 2.05) is 0 Å².